The normalized spacial score (nSPS) is 10.6. The summed E-state index contributed by atoms with van der Waals surface area (Å²) in [6, 6.07) is 9.53. The van der Waals surface area contributed by atoms with Crippen LogP contribution in [0.5, 0.6) is 0 Å². The van der Waals surface area contributed by atoms with E-state index in [1.54, 1.807) is 6.08 Å². The van der Waals surface area contributed by atoms with Gasteiger partial charge in [0.15, 0.2) is 0 Å². The molecule has 0 saturated carbocycles. The van der Waals surface area contributed by atoms with Gasteiger partial charge in [-0.05, 0) is 11.6 Å². The van der Waals surface area contributed by atoms with Gasteiger partial charge in [0, 0.05) is 6.08 Å². The van der Waals surface area contributed by atoms with Gasteiger partial charge in [-0.15, -0.1) is 0 Å². The van der Waals surface area contributed by atoms with Crippen molar-refractivity contribution in [3.8, 4) is 0 Å². The summed E-state index contributed by atoms with van der Waals surface area (Å²) < 4.78 is 31.7. The number of halogens is 3. The van der Waals surface area contributed by atoms with Gasteiger partial charge >= 0.3 is 12.1 Å². The molecule has 98 valence electrons. The standard InChI is InChI=1S/C9H9NO.C2HF3O2/c10-9(11)7-6-8-4-2-1-3-5-8;3-2(4,5)1(6)7/h1-7H,(H2,10,11);(H,6,7). The fourth-order valence-electron chi connectivity index (χ4n) is 0.743. The minimum atomic E-state index is -5.08. The molecular formula is C11H10F3NO3. The number of amides is 1. The molecule has 0 atom stereocenters. The molecule has 0 radical (unpaired) electrons. The van der Waals surface area contributed by atoms with Crippen LogP contribution >= 0.6 is 0 Å². The lowest BCUT2D eigenvalue weighted by atomic mass is 10.2. The molecule has 1 amide bonds. The molecule has 0 aliphatic carbocycles. The number of carboxylic acid groups (broad SMARTS) is 1. The van der Waals surface area contributed by atoms with Crippen molar-refractivity contribution in [1.29, 1.82) is 0 Å². The molecule has 1 aromatic carbocycles. The SMILES string of the molecule is NC(=O)C=Cc1ccccc1.O=C(O)C(F)(F)F. The Bertz CT molecular complexity index is 427. The lowest BCUT2D eigenvalue weighted by molar-refractivity contribution is -0.192. The predicted octanol–water partition coefficient (Wildman–Crippen LogP) is 1.82. The van der Waals surface area contributed by atoms with Crippen molar-refractivity contribution in [1.82, 2.24) is 0 Å². The van der Waals surface area contributed by atoms with Gasteiger partial charge in [0.05, 0.1) is 0 Å². The molecule has 0 aliphatic rings. The van der Waals surface area contributed by atoms with E-state index in [1.165, 1.54) is 6.08 Å². The Morgan fingerprint density at radius 2 is 1.61 bits per heavy atom. The summed E-state index contributed by atoms with van der Waals surface area (Å²) >= 11 is 0. The second-order valence-corrected chi connectivity index (χ2v) is 2.95. The van der Waals surface area contributed by atoms with Crippen LogP contribution in [0, 0.1) is 0 Å². The van der Waals surface area contributed by atoms with E-state index >= 15 is 0 Å². The zero-order chi connectivity index (χ0) is 14.2. The van der Waals surface area contributed by atoms with Crippen LogP contribution in [0.2, 0.25) is 0 Å². The van der Waals surface area contributed by atoms with E-state index in [-0.39, 0.29) is 0 Å². The van der Waals surface area contributed by atoms with Gasteiger partial charge in [-0.3, -0.25) is 4.79 Å². The molecule has 0 saturated heterocycles. The maximum Gasteiger partial charge on any atom is 0.490 e. The Hall–Kier alpha value is -2.31. The number of hydrogen-bond donors (Lipinski definition) is 2. The van der Waals surface area contributed by atoms with Crippen LogP contribution in [0.4, 0.5) is 13.2 Å². The Morgan fingerprint density at radius 3 is 1.94 bits per heavy atom. The van der Waals surface area contributed by atoms with E-state index in [0.717, 1.165) is 5.56 Å². The second-order valence-electron chi connectivity index (χ2n) is 2.95. The molecule has 0 aliphatic heterocycles. The third kappa shape index (κ3) is 7.91. The fourth-order valence-corrected chi connectivity index (χ4v) is 0.743. The predicted molar refractivity (Wildman–Crippen MR) is 58.4 cm³/mol. The van der Waals surface area contributed by atoms with E-state index < -0.39 is 18.1 Å². The van der Waals surface area contributed by atoms with Crippen molar-refractivity contribution in [3.05, 3.63) is 42.0 Å². The van der Waals surface area contributed by atoms with Crippen molar-refractivity contribution >= 4 is 18.0 Å². The zero-order valence-corrected chi connectivity index (χ0v) is 9.02. The van der Waals surface area contributed by atoms with Gasteiger partial charge in [0.1, 0.15) is 0 Å². The maximum absolute atomic E-state index is 10.6. The monoisotopic (exact) mass is 261 g/mol. The number of carbonyl (C=O) groups excluding carboxylic acids is 1. The summed E-state index contributed by atoms with van der Waals surface area (Å²) in [6.07, 6.45) is -2.06. The number of carbonyl (C=O) groups is 2. The molecule has 1 aromatic rings. The Kier molecular flexibility index (Phi) is 6.19. The van der Waals surface area contributed by atoms with Crippen molar-refractivity contribution < 1.29 is 27.9 Å². The third-order valence-corrected chi connectivity index (χ3v) is 1.48. The van der Waals surface area contributed by atoms with Crippen molar-refractivity contribution in [3.63, 3.8) is 0 Å². The lowest BCUT2D eigenvalue weighted by Gasteiger charge is -1.93. The summed E-state index contributed by atoms with van der Waals surface area (Å²) in [6.45, 7) is 0. The first kappa shape index (κ1) is 15.7. The number of hydrogen-bond acceptors (Lipinski definition) is 2. The van der Waals surface area contributed by atoms with Gasteiger partial charge in [-0.25, -0.2) is 4.79 Å². The largest absolute Gasteiger partial charge is 0.490 e. The van der Waals surface area contributed by atoms with Crippen LogP contribution < -0.4 is 5.73 Å². The van der Waals surface area contributed by atoms with Crippen LogP contribution in [0.15, 0.2) is 36.4 Å². The zero-order valence-electron chi connectivity index (χ0n) is 9.02. The highest BCUT2D eigenvalue weighted by atomic mass is 19.4. The highest BCUT2D eigenvalue weighted by Crippen LogP contribution is 2.13. The highest BCUT2D eigenvalue weighted by molar-refractivity contribution is 5.90. The van der Waals surface area contributed by atoms with E-state index in [1.807, 2.05) is 30.3 Å². The average Bonchev–Trinajstić information content (AvgIpc) is 2.27. The number of alkyl halides is 3. The quantitative estimate of drug-likeness (QED) is 0.797. The van der Waals surface area contributed by atoms with Gasteiger partial charge < -0.3 is 10.8 Å². The first-order chi connectivity index (χ1) is 8.23. The lowest BCUT2D eigenvalue weighted by Crippen LogP contribution is -2.21. The first-order valence-corrected chi connectivity index (χ1v) is 4.56. The minimum Gasteiger partial charge on any atom is -0.475 e. The summed E-state index contributed by atoms with van der Waals surface area (Å²) in [4.78, 5) is 19.2. The Labute approximate surface area is 101 Å². The highest BCUT2D eigenvalue weighted by Gasteiger charge is 2.38. The number of rotatable bonds is 2. The van der Waals surface area contributed by atoms with E-state index in [4.69, 9.17) is 15.6 Å². The van der Waals surface area contributed by atoms with Gasteiger partial charge in [-0.1, -0.05) is 30.3 Å². The summed E-state index contributed by atoms with van der Waals surface area (Å²) in [5.74, 6) is -3.18. The summed E-state index contributed by atoms with van der Waals surface area (Å²) in [5.41, 5.74) is 5.89. The van der Waals surface area contributed by atoms with Crippen molar-refractivity contribution in [2.24, 2.45) is 5.73 Å². The van der Waals surface area contributed by atoms with Crippen LogP contribution in [0.1, 0.15) is 5.56 Å². The second kappa shape index (κ2) is 7.10. The van der Waals surface area contributed by atoms with E-state index in [9.17, 15) is 18.0 Å². The molecule has 18 heavy (non-hydrogen) atoms. The van der Waals surface area contributed by atoms with Gasteiger partial charge in [0.2, 0.25) is 5.91 Å². The minimum absolute atomic E-state index is 0.422. The molecule has 4 nitrogen and oxygen atoms in total. The number of aliphatic carboxylic acids is 1. The van der Waals surface area contributed by atoms with Crippen LogP contribution in [-0.4, -0.2) is 23.2 Å². The summed E-state index contributed by atoms with van der Waals surface area (Å²) in [5, 5.41) is 7.12. The summed E-state index contributed by atoms with van der Waals surface area (Å²) in [7, 11) is 0. The number of nitrogens with two attached hydrogens (primary N) is 1. The van der Waals surface area contributed by atoms with Crippen LogP contribution in [0.3, 0.4) is 0 Å². The molecule has 7 heteroatoms. The molecule has 0 unspecified atom stereocenters. The number of primary amides is 1. The van der Waals surface area contributed by atoms with Crippen LogP contribution in [0.25, 0.3) is 6.08 Å². The molecule has 1 rings (SSSR count). The molecule has 0 fully saturated rings. The van der Waals surface area contributed by atoms with E-state index in [2.05, 4.69) is 0 Å². The number of carboxylic acids is 1. The Morgan fingerprint density at radius 1 is 1.17 bits per heavy atom. The van der Waals surface area contributed by atoms with Crippen molar-refractivity contribution in [2.45, 2.75) is 6.18 Å². The molecule has 0 aromatic heterocycles. The van der Waals surface area contributed by atoms with Gasteiger partial charge in [0.25, 0.3) is 0 Å². The number of benzene rings is 1. The Balaban J connectivity index is 0.000000360. The smallest absolute Gasteiger partial charge is 0.475 e. The topological polar surface area (TPSA) is 80.4 Å². The molecule has 0 bridgehead atoms. The van der Waals surface area contributed by atoms with Crippen LogP contribution in [-0.2, 0) is 9.59 Å². The average molecular weight is 261 g/mol. The molecular weight excluding hydrogens is 251 g/mol. The van der Waals surface area contributed by atoms with Crippen molar-refractivity contribution in [2.75, 3.05) is 0 Å². The molecule has 3 N–H and O–H groups in total. The van der Waals surface area contributed by atoms with Gasteiger partial charge in [-0.2, -0.15) is 13.2 Å². The molecule has 0 spiro atoms. The first-order valence-electron chi connectivity index (χ1n) is 4.56. The fraction of sp³-hybridized carbons (Fsp3) is 0.0909. The third-order valence-electron chi connectivity index (χ3n) is 1.48. The molecule has 0 heterocycles. The van der Waals surface area contributed by atoms with E-state index in [0.29, 0.717) is 0 Å². The maximum atomic E-state index is 10.6.